The number of epoxide rings is 1. The van der Waals surface area contributed by atoms with Crippen LogP contribution in [-0.4, -0.2) is 29.7 Å². The van der Waals surface area contributed by atoms with Gasteiger partial charge < -0.3 is 9.47 Å². The van der Waals surface area contributed by atoms with Gasteiger partial charge in [-0.3, -0.25) is 10.1 Å². The molecule has 1 heterocycles. The number of carbonyl (C=O) groups excluding carboxylic acids is 1. The summed E-state index contributed by atoms with van der Waals surface area (Å²) >= 11 is 0. The predicted octanol–water partition coefficient (Wildman–Crippen LogP) is 1.54. The zero-order chi connectivity index (χ0) is 12.5. The van der Waals surface area contributed by atoms with Gasteiger partial charge in [0.25, 0.3) is 5.69 Å². The van der Waals surface area contributed by atoms with Crippen molar-refractivity contribution < 1.29 is 19.2 Å². The summed E-state index contributed by atoms with van der Waals surface area (Å²) in [5, 5.41) is 10.4. The first-order chi connectivity index (χ1) is 8.00. The van der Waals surface area contributed by atoms with Crippen molar-refractivity contribution in [1.82, 2.24) is 0 Å². The van der Waals surface area contributed by atoms with E-state index < -0.39 is 10.9 Å². The van der Waals surface area contributed by atoms with E-state index in [4.69, 9.17) is 9.47 Å². The van der Waals surface area contributed by atoms with Crippen LogP contribution in [0.3, 0.4) is 0 Å². The summed E-state index contributed by atoms with van der Waals surface area (Å²) in [5.74, 6) is -0.503. The molecular weight excluding hydrogens is 226 g/mol. The summed E-state index contributed by atoms with van der Waals surface area (Å²) in [4.78, 5) is 21.5. The highest BCUT2D eigenvalue weighted by Gasteiger charge is 2.40. The number of benzene rings is 1. The van der Waals surface area contributed by atoms with Gasteiger partial charge in [-0.05, 0) is 19.1 Å². The van der Waals surface area contributed by atoms with Crippen molar-refractivity contribution in [2.75, 3.05) is 13.2 Å². The Hall–Kier alpha value is -1.95. The molecule has 0 aromatic heterocycles. The fraction of sp³-hybridized carbons (Fsp3) is 0.364. The van der Waals surface area contributed by atoms with Crippen molar-refractivity contribution in [1.29, 1.82) is 0 Å². The molecule has 0 N–H and O–H groups in total. The van der Waals surface area contributed by atoms with E-state index in [1.807, 2.05) is 6.92 Å². The Kier molecular flexibility index (Phi) is 2.81. The first kappa shape index (κ1) is 11.5. The van der Waals surface area contributed by atoms with Gasteiger partial charge in [0.05, 0.1) is 17.1 Å². The third kappa shape index (κ3) is 2.79. The standard InChI is InChI=1S/C11H11NO5/c1-11(7-17-11)6-16-10(13)8-2-4-9(5-3-8)12(14)15/h2-5H,6-7H2,1H3/t11-/m1/s1. The molecule has 6 heteroatoms. The predicted molar refractivity (Wildman–Crippen MR) is 57.7 cm³/mol. The van der Waals surface area contributed by atoms with Crippen LogP contribution >= 0.6 is 0 Å². The molecule has 1 saturated heterocycles. The van der Waals surface area contributed by atoms with Gasteiger partial charge in [0.15, 0.2) is 0 Å². The molecule has 17 heavy (non-hydrogen) atoms. The SMILES string of the molecule is C[C@@]1(COC(=O)c2ccc([N+](=O)[O-])cc2)CO1. The number of rotatable bonds is 4. The Morgan fingerprint density at radius 3 is 2.59 bits per heavy atom. The molecule has 0 saturated carbocycles. The maximum atomic E-state index is 11.6. The highest BCUT2D eigenvalue weighted by Crippen LogP contribution is 2.26. The van der Waals surface area contributed by atoms with Gasteiger partial charge in [-0.15, -0.1) is 0 Å². The number of non-ortho nitro benzene ring substituents is 1. The molecule has 1 aliphatic heterocycles. The number of hydrogen-bond donors (Lipinski definition) is 0. The highest BCUT2D eigenvalue weighted by molar-refractivity contribution is 5.89. The van der Waals surface area contributed by atoms with Crippen LogP contribution in [0.25, 0.3) is 0 Å². The summed E-state index contributed by atoms with van der Waals surface area (Å²) < 4.78 is 10.1. The summed E-state index contributed by atoms with van der Waals surface area (Å²) in [6.07, 6.45) is 0. The normalized spacial score (nSPS) is 21.9. The van der Waals surface area contributed by atoms with Gasteiger partial charge in [-0.2, -0.15) is 0 Å². The topological polar surface area (TPSA) is 82.0 Å². The second kappa shape index (κ2) is 4.14. The van der Waals surface area contributed by atoms with Crippen molar-refractivity contribution in [3.05, 3.63) is 39.9 Å². The van der Waals surface area contributed by atoms with E-state index in [0.29, 0.717) is 12.2 Å². The zero-order valence-corrected chi connectivity index (χ0v) is 9.21. The van der Waals surface area contributed by atoms with E-state index in [1.165, 1.54) is 24.3 Å². The van der Waals surface area contributed by atoms with Crippen LogP contribution < -0.4 is 0 Å². The van der Waals surface area contributed by atoms with Crippen LogP contribution in [0.5, 0.6) is 0 Å². The number of esters is 1. The third-order valence-electron chi connectivity index (χ3n) is 2.46. The second-order valence-electron chi connectivity index (χ2n) is 4.12. The molecule has 0 unspecified atom stereocenters. The Labute approximate surface area is 97.3 Å². The first-order valence-electron chi connectivity index (χ1n) is 5.06. The average molecular weight is 237 g/mol. The second-order valence-corrected chi connectivity index (χ2v) is 4.12. The molecular formula is C11H11NO5. The fourth-order valence-corrected chi connectivity index (χ4v) is 1.23. The number of nitro groups is 1. The van der Waals surface area contributed by atoms with E-state index in [9.17, 15) is 14.9 Å². The minimum Gasteiger partial charge on any atom is -0.459 e. The summed E-state index contributed by atoms with van der Waals surface area (Å²) in [5.41, 5.74) is -0.116. The highest BCUT2D eigenvalue weighted by atomic mass is 16.6. The van der Waals surface area contributed by atoms with Gasteiger partial charge in [-0.1, -0.05) is 0 Å². The molecule has 1 atom stereocenters. The van der Waals surface area contributed by atoms with Crippen LogP contribution in [0.2, 0.25) is 0 Å². The van der Waals surface area contributed by atoms with Gasteiger partial charge in [-0.25, -0.2) is 4.79 Å². The molecule has 0 bridgehead atoms. The summed E-state index contributed by atoms with van der Waals surface area (Å²) in [6, 6.07) is 5.28. The largest absolute Gasteiger partial charge is 0.459 e. The first-order valence-corrected chi connectivity index (χ1v) is 5.06. The smallest absolute Gasteiger partial charge is 0.338 e. The Morgan fingerprint density at radius 1 is 1.53 bits per heavy atom. The van der Waals surface area contributed by atoms with Crippen LogP contribution in [0, 0.1) is 10.1 Å². The minimum atomic E-state index is -0.520. The number of ether oxygens (including phenoxy) is 2. The van der Waals surface area contributed by atoms with Gasteiger partial charge in [0.1, 0.15) is 12.2 Å². The maximum absolute atomic E-state index is 11.6. The molecule has 6 nitrogen and oxygen atoms in total. The lowest BCUT2D eigenvalue weighted by molar-refractivity contribution is -0.384. The third-order valence-corrected chi connectivity index (χ3v) is 2.46. The molecule has 1 aliphatic rings. The lowest BCUT2D eigenvalue weighted by Gasteiger charge is -2.06. The molecule has 1 aromatic rings. The molecule has 0 aliphatic carbocycles. The molecule has 90 valence electrons. The Morgan fingerprint density at radius 2 is 2.12 bits per heavy atom. The average Bonchev–Trinajstić information content (AvgIpc) is 3.05. The molecule has 2 rings (SSSR count). The number of nitro benzene ring substituents is 1. The van der Waals surface area contributed by atoms with E-state index in [-0.39, 0.29) is 17.9 Å². The molecule has 1 aromatic carbocycles. The van der Waals surface area contributed by atoms with Gasteiger partial charge >= 0.3 is 5.97 Å². The van der Waals surface area contributed by atoms with Crippen LogP contribution in [0.4, 0.5) is 5.69 Å². The van der Waals surface area contributed by atoms with Gasteiger partial charge in [0, 0.05) is 12.1 Å². The monoisotopic (exact) mass is 237 g/mol. The van der Waals surface area contributed by atoms with Crippen LogP contribution in [-0.2, 0) is 9.47 Å². The summed E-state index contributed by atoms with van der Waals surface area (Å²) in [6.45, 7) is 2.62. The maximum Gasteiger partial charge on any atom is 0.338 e. The van der Waals surface area contributed by atoms with Crippen LogP contribution in [0.15, 0.2) is 24.3 Å². The van der Waals surface area contributed by atoms with Crippen molar-refractivity contribution in [2.24, 2.45) is 0 Å². The molecule has 1 fully saturated rings. The number of hydrogen-bond acceptors (Lipinski definition) is 5. The van der Waals surface area contributed by atoms with Crippen molar-refractivity contribution in [3.8, 4) is 0 Å². The lowest BCUT2D eigenvalue weighted by Crippen LogP contribution is -2.18. The summed E-state index contributed by atoms with van der Waals surface area (Å²) in [7, 11) is 0. The van der Waals surface area contributed by atoms with E-state index in [2.05, 4.69) is 0 Å². The van der Waals surface area contributed by atoms with E-state index in [0.717, 1.165) is 0 Å². The fourth-order valence-electron chi connectivity index (χ4n) is 1.23. The number of nitrogens with zero attached hydrogens (tertiary/aromatic N) is 1. The van der Waals surface area contributed by atoms with Crippen LogP contribution in [0.1, 0.15) is 17.3 Å². The Balaban J connectivity index is 1.96. The van der Waals surface area contributed by atoms with Crippen molar-refractivity contribution in [2.45, 2.75) is 12.5 Å². The van der Waals surface area contributed by atoms with Gasteiger partial charge in [0.2, 0.25) is 0 Å². The van der Waals surface area contributed by atoms with E-state index in [1.54, 1.807) is 0 Å². The Bertz CT molecular complexity index is 449. The van der Waals surface area contributed by atoms with Crippen molar-refractivity contribution >= 4 is 11.7 Å². The minimum absolute atomic E-state index is 0.0564. The van der Waals surface area contributed by atoms with Crippen molar-refractivity contribution in [3.63, 3.8) is 0 Å². The number of carbonyl (C=O) groups is 1. The lowest BCUT2D eigenvalue weighted by atomic mass is 10.2. The van der Waals surface area contributed by atoms with E-state index >= 15 is 0 Å². The molecule has 0 spiro atoms. The zero-order valence-electron chi connectivity index (χ0n) is 9.21. The molecule has 0 amide bonds. The quantitative estimate of drug-likeness (QED) is 0.343. The molecule has 0 radical (unpaired) electrons.